The van der Waals surface area contributed by atoms with Crippen molar-refractivity contribution < 1.29 is 13.2 Å². The van der Waals surface area contributed by atoms with Gasteiger partial charge in [0.05, 0.1) is 36.5 Å². The molecule has 1 aliphatic rings. The lowest BCUT2D eigenvalue weighted by Gasteiger charge is -2.28. The van der Waals surface area contributed by atoms with Crippen molar-refractivity contribution in [2.24, 2.45) is 0 Å². The van der Waals surface area contributed by atoms with Gasteiger partial charge < -0.3 is 14.6 Å². The summed E-state index contributed by atoms with van der Waals surface area (Å²) in [6.07, 6.45) is 2.43. The highest BCUT2D eigenvalue weighted by Gasteiger charge is 2.19. The second-order valence-electron chi connectivity index (χ2n) is 7.27. The van der Waals surface area contributed by atoms with Gasteiger partial charge in [0.25, 0.3) is 0 Å². The number of ether oxygens (including phenoxy) is 1. The zero-order valence-electron chi connectivity index (χ0n) is 16.5. The second-order valence-corrected chi connectivity index (χ2v) is 9.46. The lowest BCUT2D eigenvalue weighted by atomic mass is 10.1. The number of aromatic amines is 1. The van der Waals surface area contributed by atoms with Crippen molar-refractivity contribution in [2.45, 2.75) is 18.6 Å². The number of fused-ring (bicyclic) bond motifs is 1. The first-order valence-corrected chi connectivity index (χ1v) is 11.7. The maximum absolute atomic E-state index is 12.5. The van der Waals surface area contributed by atoms with Gasteiger partial charge in [-0.25, -0.2) is 18.4 Å². The number of sulfone groups is 1. The summed E-state index contributed by atoms with van der Waals surface area (Å²) >= 11 is 0. The third-order valence-electron chi connectivity index (χ3n) is 5.02. The van der Waals surface area contributed by atoms with Crippen LogP contribution in [0.1, 0.15) is 18.5 Å². The summed E-state index contributed by atoms with van der Waals surface area (Å²) in [4.78, 5) is 14.6. The van der Waals surface area contributed by atoms with E-state index in [2.05, 4.69) is 14.9 Å². The van der Waals surface area contributed by atoms with E-state index in [-0.39, 0.29) is 17.9 Å². The van der Waals surface area contributed by atoms with Gasteiger partial charge in [0.1, 0.15) is 5.82 Å². The van der Waals surface area contributed by atoms with Crippen molar-refractivity contribution in [3.63, 3.8) is 0 Å². The largest absolute Gasteiger partial charge is 0.378 e. The molecule has 1 saturated heterocycles. The predicted octanol–water partition coefficient (Wildman–Crippen LogP) is 2.68. The lowest BCUT2D eigenvalue weighted by Crippen LogP contribution is -2.37. The van der Waals surface area contributed by atoms with Crippen LogP contribution in [0.25, 0.3) is 22.3 Å². The molecule has 0 bridgehead atoms. The Morgan fingerprint density at radius 1 is 1.17 bits per heavy atom. The fourth-order valence-electron chi connectivity index (χ4n) is 3.50. The van der Waals surface area contributed by atoms with Crippen molar-refractivity contribution in [3.05, 3.63) is 42.2 Å². The van der Waals surface area contributed by atoms with E-state index >= 15 is 0 Å². The van der Waals surface area contributed by atoms with Gasteiger partial charge in [-0.15, -0.1) is 0 Å². The number of hydrogen-bond donors (Lipinski definition) is 1. The molecule has 1 fully saturated rings. The van der Waals surface area contributed by atoms with E-state index in [4.69, 9.17) is 15.0 Å². The van der Waals surface area contributed by atoms with Gasteiger partial charge in [0, 0.05) is 48.2 Å². The summed E-state index contributed by atoms with van der Waals surface area (Å²) in [6.45, 7) is 2.61. The summed E-state index contributed by atoms with van der Waals surface area (Å²) in [5, 5.41) is 9.71. The van der Waals surface area contributed by atoms with Gasteiger partial charge in [-0.3, -0.25) is 0 Å². The number of nitrogens with zero attached hydrogens (tertiary/aromatic N) is 4. The number of rotatable bonds is 7. The average Bonchev–Trinajstić information content (AvgIpc) is 3.22. The maximum Gasteiger partial charge on any atom is 0.161 e. The van der Waals surface area contributed by atoms with Crippen LogP contribution in [0.4, 0.5) is 5.82 Å². The normalized spacial score (nSPS) is 14.7. The van der Waals surface area contributed by atoms with E-state index in [1.54, 1.807) is 6.07 Å². The van der Waals surface area contributed by atoms with Gasteiger partial charge in [-0.05, 0) is 30.7 Å². The molecule has 1 aliphatic heterocycles. The molecule has 30 heavy (non-hydrogen) atoms. The first kappa shape index (κ1) is 20.3. The molecule has 0 radical (unpaired) electrons. The van der Waals surface area contributed by atoms with Crippen LogP contribution in [0.15, 0.2) is 36.5 Å². The Kier molecular flexibility index (Phi) is 5.97. The van der Waals surface area contributed by atoms with Crippen molar-refractivity contribution in [1.82, 2.24) is 15.0 Å². The summed E-state index contributed by atoms with van der Waals surface area (Å²) in [6, 6.07) is 11.6. The van der Waals surface area contributed by atoms with Crippen LogP contribution in [0, 0.1) is 11.3 Å². The third kappa shape index (κ3) is 4.78. The Labute approximate surface area is 175 Å². The fraction of sp³-hybridized carbons (Fsp3) is 0.381. The Balaban J connectivity index is 1.69. The minimum atomic E-state index is -3.37. The summed E-state index contributed by atoms with van der Waals surface area (Å²) in [5.41, 5.74) is 2.32. The standard InChI is InChI=1S/C21H23N5O3S/c22-6-1-2-12-30(27,28)15-18-14-20(26-8-10-29-11-9-26)25-21(24-18)17-3-4-19-16(13-17)5-7-23-19/h3-5,7,13-14,23H,1-2,8-12,15H2. The SMILES string of the molecule is N#CCCCS(=O)(=O)Cc1cc(N2CCOCC2)nc(-c2ccc3[nH]ccc3c2)n1. The van der Waals surface area contributed by atoms with E-state index in [0.29, 0.717) is 50.1 Å². The predicted molar refractivity (Wildman–Crippen MR) is 115 cm³/mol. The molecule has 3 aromatic rings. The first-order valence-electron chi connectivity index (χ1n) is 9.90. The van der Waals surface area contributed by atoms with E-state index in [9.17, 15) is 8.42 Å². The number of anilines is 1. The number of unbranched alkanes of at least 4 members (excludes halogenated alkanes) is 1. The Morgan fingerprint density at radius 2 is 2.00 bits per heavy atom. The van der Waals surface area contributed by atoms with Gasteiger partial charge in [-0.2, -0.15) is 5.26 Å². The van der Waals surface area contributed by atoms with Crippen LogP contribution < -0.4 is 4.90 Å². The molecule has 8 nitrogen and oxygen atoms in total. The number of morpholine rings is 1. The van der Waals surface area contributed by atoms with E-state index in [0.717, 1.165) is 16.5 Å². The Bertz CT molecular complexity index is 1180. The molecule has 4 rings (SSSR count). The maximum atomic E-state index is 12.5. The molecule has 9 heteroatoms. The van der Waals surface area contributed by atoms with Gasteiger partial charge in [0.15, 0.2) is 15.7 Å². The molecule has 0 saturated carbocycles. The molecule has 0 unspecified atom stereocenters. The molecule has 1 N–H and O–H groups in total. The molecular weight excluding hydrogens is 402 g/mol. The van der Waals surface area contributed by atoms with Crippen molar-refractivity contribution in [2.75, 3.05) is 37.0 Å². The molecule has 0 spiro atoms. The molecule has 156 valence electrons. The van der Waals surface area contributed by atoms with Gasteiger partial charge in [-0.1, -0.05) is 0 Å². The number of aromatic nitrogens is 3. The lowest BCUT2D eigenvalue weighted by molar-refractivity contribution is 0.122. The summed E-state index contributed by atoms with van der Waals surface area (Å²) < 4.78 is 30.5. The minimum Gasteiger partial charge on any atom is -0.378 e. The second kappa shape index (κ2) is 8.81. The Hall–Kier alpha value is -2.96. The van der Waals surface area contributed by atoms with Crippen molar-refractivity contribution in [3.8, 4) is 17.5 Å². The molecule has 0 aliphatic carbocycles. The molecule has 0 atom stereocenters. The smallest absolute Gasteiger partial charge is 0.161 e. The molecular formula is C21H23N5O3S. The van der Waals surface area contributed by atoms with Crippen LogP contribution >= 0.6 is 0 Å². The molecule has 3 heterocycles. The summed E-state index contributed by atoms with van der Waals surface area (Å²) in [5.74, 6) is 1.02. The number of nitriles is 1. The fourth-order valence-corrected chi connectivity index (χ4v) is 4.83. The van der Waals surface area contributed by atoms with E-state index in [1.165, 1.54) is 0 Å². The first-order chi connectivity index (χ1) is 14.5. The topological polar surface area (TPSA) is 112 Å². The van der Waals surface area contributed by atoms with Crippen LogP contribution in [0.5, 0.6) is 0 Å². The van der Waals surface area contributed by atoms with E-state index in [1.807, 2.05) is 36.5 Å². The third-order valence-corrected chi connectivity index (χ3v) is 6.67. The number of benzene rings is 1. The van der Waals surface area contributed by atoms with Gasteiger partial charge in [0.2, 0.25) is 0 Å². The highest BCUT2D eigenvalue weighted by atomic mass is 32.2. The number of H-pyrrole nitrogens is 1. The number of hydrogen-bond acceptors (Lipinski definition) is 7. The molecule has 2 aromatic heterocycles. The number of nitrogens with one attached hydrogen (secondary N) is 1. The van der Waals surface area contributed by atoms with Crippen molar-refractivity contribution in [1.29, 1.82) is 5.26 Å². The van der Waals surface area contributed by atoms with Crippen LogP contribution in [0.3, 0.4) is 0 Å². The van der Waals surface area contributed by atoms with Gasteiger partial charge >= 0.3 is 0 Å². The highest BCUT2D eigenvalue weighted by molar-refractivity contribution is 7.90. The average molecular weight is 426 g/mol. The van der Waals surface area contributed by atoms with Crippen LogP contribution in [-0.4, -0.2) is 55.4 Å². The van der Waals surface area contributed by atoms with Crippen molar-refractivity contribution >= 4 is 26.6 Å². The zero-order valence-corrected chi connectivity index (χ0v) is 17.4. The van der Waals surface area contributed by atoms with E-state index < -0.39 is 9.84 Å². The Morgan fingerprint density at radius 3 is 2.80 bits per heavy atom. The summed E-state index contributed by atoms with van der Waals surface area (Å²) in [7, 11) is -3.37. The highest BCUT2D eigenvalue weighted by Crippen LogP contribution is 2.25. The zero-order chi connectivity index (χ0) is 21.0. The molecule has 1 aromatic carbocycles. The van der Waals surface area contributed by atoms with Crippen LogP contribution in [0.2, 0.25) is 0 Å². The quantitative estimate of drug-likeness (QED) is 0.579. The monoisotopic (exact) mass is 425 g/mol. The molecule has 0 amide bonds. The minimum absolute atomic E-state index is 0.0257. The van der Waals surface area contributed by atoms with Crippen LogP contribution in [-0.2, 0) is 20.3 Å².